The quantitative estimate of drug-likeness (QED) is 0.764. The van der Waals surface area contributed by atoms with E-state index in [1.54, 1.807) is 0 Å². The summed E-state index contributed by atoms with van der Waals surface area (Å²) in [7, 11) is 0. The first kappa shape index (κ1) is 16.6. The number of nitrogens with zero attached hydrogens (tertiary/aromatic N) is 1. The summed E-state index contributed by atoms with van der Waals surface area (Å²) >= 11 is 0. The summed E-state index contributed by atoms with van der Waals surface area (Å²) in [5, 5.41) is 3.59. The minimum absolute atomic E-state index is 0.154. The third-order valence-electron chi connectivity index (χ3n) is 4.36. The molecule has 0 aromatic heterocycles. The van der Waals surface area contributed by atoms with Gasteiger partial charge in [-0.3, -0.25) is 0 Å². The molecule has 0 unspecified atom stereocenters. The van der Waals surface area contributed by atoms with Gasteiger partial charge in [-0.2, -0.15) is 0 Å². The predicted octanol–water partition coefficient (Wildman–Crippen LogP) is 3.41. The fourth-order valence-electron chi connectivity index (χ4n) is 2.87. The van der Waals surface area contributed by atoms with Crippen LogP contribution in [0.1, 0.15) is 59.3 Å². The van der Waals surface area contributed by atoms with E-state index < -0.39 is 5.60 Å². The lowest BCUT2D eigenvalue weighted by Gasteiger charge is -2.33. The van der Waals surface area contributed by atoms with Crippen molar-refractivity contribution in [1.29, 1.82) is 0 Å². The molecule has 1 aliphatic carbocycles. The zero-order chi connectivity index (χ0) is 15.3. The Hall–Kier alpha value is -0.770. The van der Waals surface area contributed by atoms with Crippen molar-refractivity contribution in [2.24, 2.45) is 11.8 Å². The number of piperidine rings is 1. The molecule has 2 rings (SSSR count). The zero-order valence-corrected chi connectivity index (χ0v) is 14.0. The molecule has 21 heavy (non-hydrogen) atoms. The number of rotatable bonds is 6. The van der Waals surface area contributed by atoms with Crippen molar-refractivity contribution in [2.75, 3.05) is 26.2 Å². The van der Waals surface area contributed by atoms with Crippen LogP contribution in [0.25, 0.3) is 0 Å². The van der Waals surface area contributed by atoms with Crippen molar-refractivity contribution in [2.45, 2.75) is 64.9 Å². The van der Waals surface area contributed by atoms with Crippen molar-refractivity contribution in [3.8, 4) is 0 Å². The molecule has 2 aliphatic rings. The van der Waals surface area contributed by atoms with Crippen molar-refractivity contribution in [3.05, 3.63) is 0 Å². The molecule has 0 spiro atoms. The molecule has 4 heteroatoms. The van der Waals surface area contributed by atoms with Crippen molar-refractivity contribution >= 4 is 6.09 Å². The van der Waals surface area contributed by atoms with E-state index in [9.17, 15) is 4.79 Å². The number of hydrogen-bond donors (Lipinski definition) is 1. The second-order valence-electron chi connectivity index (χ2n) is 7.70. The van der Waals surface area contributed by atoms with Crippen LogP contribution >= 0.6 is 0 Å². The molecular formula is C17H32N2O2. The molecule has 1 saturated carbocycles. The normalized spacial score (nSPS) is 20.6. The topological polar surface area (TPSA) is 41.6 Å². The first-order valence-electron chi connectivity index (χ1n) is 8.63. The van der Waals surface area contributed by atoms with Crippen molar-refractivity contribution < 1.29 is 9.53 Å². The molecule has 0 aromatic rings. The van der Waals surface area contributed by atoms with Crippen LogP contribution < -0.4 is 5.32 Å². The van der Waals surface area contributed by atoms with Crippen LogP contribution in [0, 0.1) is 11.8 Å². The average molecular weight is 296 g/mol. The molecule has 4 nitrogen and oxygen atoms in total. The van der Waals surface area contributed by atoms with Gasteiger partial charge >= 0.3 is 6.09 Å². The largest absolute Gasteiger partial charge is 0.444 e. The van der Waals surface area contributed by atoms with Gasteiger partial charge < -0.3 is 15.0 Å². The monoisotopic (exact) mass is 296 g/mol. The molecule has 1 N–H and O–H groups in total. The number of carbonyl (C=O) groups excluding carboxylic acids is 1. The van der Waals surface area contributed by atoms with Crippen LogP contribution in [0.15, 0.2) is 0 Å². The Morgan fingerprint density at radius 1 is 1.14 bits per heavy atom. The molecule has 0 aromatic carbocycles. The van der Waals surface area contributed by atoms with Gasteiger partial charge in [0.15, 0.2) is 0 Å². The first-order chi connectivity index (χ1) is 9.94. The Balaban J connectivity index is 1.53. The Morgan fingerprint density at radius 2 is 1.81 bits per heavy atom. The van der Waals surface area contributed by atoms with Gasteiger partial charge in [-0.25, -0.2) is 4.79 Å². The molecule has 0 radical (unpaired) electrons. The van der Waals surface area contributed by atoms with Gasteiger partial charge in [0.25, 0.3) is 0 Å². The van der Waals surface area contributed by atoms with Gasteiger partial charge in [0.1, 0.15) is 5.60 Å². The number of amides is 1. The molecule has 122 valence electrons. The van der Waals surface area contributed by atoms with E-state index in [1.165, 1.54) is 25.7 Å². The smallest absolute Gasteiger partial charge is 0.410 e. The van der Waals surface area contributed by atoms with E-state index >= 15 is 0 Å². The highest BCUT2D eigenvalue weighted by Gasteiger charge is 2.26. The maximum atomic E-state index is 12.0. The Labute approximate surface area is 129 Å². The summed E-state index contributed by atoms with van der Waals surface area (Å²) < 4.78 is 5.43. The van der Waals surface area contributed by atoms with E-state index in [2.05, 4.69) is 5.32 Å². The van der Waals surface area contributed by atoms with Crippen molar-refractivity contribution in [3.63, 3.8) is 0 Å². The SMILES string of the molecule is CC(C)(C)OC(=O)N1CCC(CNCCCC2CC2)CC1. The molecule has 1 heterocycles. The molecule has 2 fully saturated rings. The zero-order valence-electron chi connectivity index (χ0n) is 14.0. The van der Waals surface area contributed by atoms with Gasteiger partial charge in [-0.1, -0.05) is 12.8 Å². The van der Waals surface area contributed by atoms with Crippen LogP contribution in [0.4, 0.5) is 4.79 Å². The molecule has 1 saturated heterocycles. The standard InChI is InChI=1S/C17H32N2O2/c1-17(2,3)21-16(20)19-11-8-15(9-12-19)13-18-10-4-5-14-6-7-14/h14-15,18H,4-13H2,1-3H3. The second-order valence-corrected chi connectivity index (χ2v) is 7.70. The maximum Gasteiger partial charge on any atom is 0.410 e. The van der Waals surface area contributed by atoms with Gasteiger partial charge in [0, 0.05) is 13.1 Å². The predicted molar refractivity (Wildman–Crippen MR) is 85.4 cm³/mol. The summed E-state index contributed by atoms with van der Waals surface area (Å²) in [5.41, 5.74) is -0.392. The van der Waals surface area contributed by atoms with Gasteiger partial charge in [0.05, 0.1) is 0 Å². The molecule has 1 aliphatic heterocycles. The van der Waals surface area contributed by atoms with Crippen LogP contribution in [0.3, 0.4) is 0 Å². The lowest BCUT2D eigenvalue weighted by atomic mass is 9.97. The first-order valence-corrected chi connectivity index (χ1v) is 8.63. The lowest BCUT2D eigenvalue weighted by molar-refractivity contribution is 0.0184. The van der Waals surface area contributed by atoms with E-state index in [1.807, 2.05) is 25.7 Å². The third-order valence-corrected chi connectivity index (χ3v) is 4.36. The summed E-state index contributed by atoms with van der Waals surface area (Å²) in [5.74, 6) is 1.76. The van der Waals surface area contributed by atoms with Gasteiger partial charge in [0.2, 0.25) is 0 Å². The number of hydrogen-bond acceptors (Lipinski definition) is 3. The highest BCUT2D eigenvalue weighted by Crippen LogP contribution is 2.33. The van der Waals surface area contributed by atoms with E-state index in [0.29, 0.717) is 5.92 Å². The van der Waals surface area contributed by atoms with Gasteiger partial charge in [-0.05, 0) is 71.4 Å². The average Bonchev–Trinajstić information content (AvgIpc) is 3.21. The number of nitrogens with one attached hydrogen (secondary N) is 1. The minimum Gasteiger partial charge on any atom is -0.444 e. The fraction of sp³-hybridized carbons (Fsp3) is 0.941. The minimum atomic E-state index is -0.392. The summed E-state index contributed by atoms with van der Waals surface area (Å²) in [6.45, 7) is 9.69. The van der Waals surface area contributed by atoms with Crippen LogP contribution in [0.5, 0.6) is 0 Å². The van der Waals surface area contributed by atoms with Crippen LogP contribution in [0.2, 0.25) is 0 Å². The molecular weight excluding hydrogens is 264 g/mol. The summed E-state index contributed by atoms with van der Waals surface area (Å²) in [6, 6.07) is 0. The number of carbonyl (C=O) groups is 1. The van der Waals surface area contributed by atoms with Crippen LogP contribution in [-0.4, -0.2) is 42.8 Å². The Bertz CT molecular complexity index is 326. The van der Waals surface area contributed by atoms with Crippen molar-refractivity contribution in [1.82, 2.24) is 10.2 Å². The molecule has 1 amide bonds. The van der Waals surface area contributed by atoms with E-state index in [-0.39, 0.29) is 6.09 Å². The van der Waals surface area contributed by atoms with E-state index in [0.717, 1.165) is 44.9 Å². The Morgan fingerprint density at radius 3 is 2.38 bits per heavy atom. The number of ether oxygens (including phenoxy) is 1. The Kier molecular flexibility index (Phi) is 5.91. The fourth-order valence-corrected chi connectivity index (χ4v) is 2.87. The molecule has 0 atom stereocenters. The highest BCUT2D eigenvalue weighted by atomic mass is 16.6. The number of likely N-dealkylation sites (tertiary alicyclic amines) is 1. The summed E-state index contributed by atoms with van der Waals surface area (Å²) in [4.78, 5) is 13.8. The lowest BCUT2D eigenvalue weighted by Crippen LogP contribution is -2.43. The van der Waals surface area contributed by atoms with E-state index in [4.69, 9.17) is 4.74 Å². The second kappa shape index (κ2) is 7.48. The maximum absolute atomic E-state index is 12.0. The summed E-state index contributed by atoms with van der Waals surface area (Å²) in [6.07, 6.45) is 7.68. The third kappa shape index (κ3) is 6.68. The van der Waals surface area contributed by atoms with Gasteiger partial charge in [-0.15, -0.1) is 0 Å². The highest BCUT2D eigenvalue weighted by molar-refractivity contribution is 5.68. The van der Waals surface area contributed by atoms with Crippen LogP contribution in [-0.2, 0) is 4.74 Å². The molecule has 0 bridgehead atoms.